The second-order valence-electron chi connectivity index (χ2n) is 8.03. The van der Waals surface area contributed by atoms with Gasteiger partial charge in [0.25, 0.3) is 5.78 Å². The van der Waals surface area contributed by atoms with Crippen LogP contribution in [0, 0.1) is 5.92 Å². The van der Waals surface area contributed by atoms with E-state index in [1.165, 1.54) is 5.56 Å². The zero-order valence-electron chi connectivity index (χ0n) is 17.8. The van der Waals surface area contributed by atoms with Gasteiger partial charge in [0.15, 0.2) is 11.5 Å². The van der Waals surface area contributed by atoms with Crippen LogP contribution < -0.4 is 19.7 Å². The van der Waals surface area contributed by atoms with Gasteiger partial charge in [0.05, 0.1) is 25.8 Å². The molecule has 1 aliphatic heterocycles. The van der Waals surface area contributed by atoms with Crippen LogP contribution in [0.3, 0.4) is 0 Å². The van der Waals surface area contributed by atoms with Gasteiger partial charge >= 0.3 is 0 Å². The summed E-state index contributed by atoms with van der Waals surface area (Å²) in [6.45, 7) is 1.54. The number of piperidine rings is 1. The van der Waals surface area contributed by atoms with Gasteiger partial charge in [-0.2, -0.15) is 14.6 Å². The van der Waals surface area contributed by atoms with Crippen LogP contribution in [0.25, 0.3) is 5.78 Å². The normalized spacial score (nSPS) is 18.1. The summed E-state index contributed by atoms with van der Waals surface area (Å²) >= 11 is 0. The summed E-state index contributed by atoms with van der Waals surface area (Å²) in [5.41, 5.74) is 3.06. The Morgan fingerprint density at radius 3 is 2.87 bits per heavy atom. The minimum absolute atomic E-state index is 0.0115. The summed E-state index contributed by atoms with van der Waals surface area (Å²) in [4.78, 5) is 24.4. The molecule has 1 saturated heterocycles. The molecule has 2 aromatic heterocycles. The summed E-state index contributed by atoms with van der Waals surface area (Å²) in [5, 5.41) is 7.47. The average molecular weight is 422 g/mol. The monoisotopic (exact) mass is 422 g/mol. The maximum Gasteiger partial charge on any atom is 0.254 e. The number of amides is 1. The van der Waals surface area contributed by atoms with E-state index in [2.05, 4.69) is 25.3 Å². The highest BCUT2D eigenvalue weighted by Crippen LogP contribution is 2.34. The van der Waals surface area contributed by atoms with Crippen molar-refractivity contribution in [3.8, 4) is 11.5 Å². The Balaban J connectivity index is 1.37. The molecule has 5 rings (SSSR count). The molecule has 2 aliphatic rings. The fourth-order valence-corrected chi connectivity index (χ4v) is 4.67. The van der Waals surface area contributed by atoms with E-state index < -0.39 is 0 Å². The standard InChI is InChI=1S/C22H26N6O3/c1-30-18-9-8-15(11-19(18)31-2)25-20(29)14-5-4-10-27(12-14)21-16-6-3-7-17(16)26-22-23-13-24-28(21)22/h8-9,11,13-14H,3-7,10,12H2,1-2H3,(H,25,29)/t14-/m1/s1. The molecule has 0 saturated carbocycles. The van der Waals surface area contributed by atoms with Gasteiger partial charge in [0.1, 0.15) is 12.1 Å². The third-order valence-corrected chi connectivity index (χ3v) is 6.17. The number of aryl methyl sites for hydroxylation is 1. The summed E-state index contributed by atoms with van der Waals surface area (Å²) < 4.78 is 12.5. The number of hydrogen-bond donors (Lipinski definition) is 1. The lowest BCUT2D eigenvalue weighted by Crippen LogP contribution is -2.42. The van der Waals surface area contributed by atoms with Crippen LogP contribution in [0.15, 0.2) is 24.5 Å². The van der Waals surface area contributed by atoms with Crippen molar-refractivity contribution in [3.05, 3.63) is 35.8 Å². The molecule has 1 N–H and O–H groups in total. The van der Waals surface area contributed by atoms with Crippen LogP contribution in [-0.2, 0) is 17.6 Å². The number of nitrogens with zero attached hydrogens (tertiary/aromatic N) is 5. The number of fused-ring (bicyclic) bond motifs is 2. The van der Waals surface area contributed by atoms with Crippen molar-refractivity contribution in [3.63, 3.8) is 0 Å². The first-order valence-electron chi connectivity index (χ1n) is 10.7. The van der Waals surface area contributed by atoms with Gasteiger partial charge in [-0.15, -0.1) is 0 Å². The number of anilines is 2. The zero-order chi connectivity index (χ0) is 21.4. The fraction of sp³-hybridized carbons (Fsp3) is 0.455. The molecule has 0 spiro atoms. The van der Waals surface area contributed by atoms with Gasteiger partial charge in [-0.1, -0.05) is 0 Å². The lowest BCUT2D eigenvalue weighted by molar-refractivity contribution is -0.120. The number of rotatable bonds is 5. The maximum absolute atomic E-state index is 13.1. The number of nitrogens with one attached hydrogen (secondary N) is 1. The predicted octanol–water partition coefficient (Wildman–Crippen LogP) is 2.49. The van der Waals surface area contributed by atoms with Crippen LogP contribution >= 0.6 is 0 Å². The van der Waals surface area contributed by atoms with Gasteiger partial charge in [0, 0.05) is 30.4 Å². The second kappa shape index (κ2) is 8.05. The van der Waals surface area contributed by atoms with Crippen molar-refractivity contribution in [2.75, 3.05) is 37.5 Å². The fourth-order valence-electron chi connectivity index (χ4n) is 4.67. The minimum Gasteiger partial charge on any atom is -0.493 e. The quantitative estimate of drug-likeness (QED) is 0.675. The summed E-state index contributed by atoms with van der Waals surface area (Å²) in [6, 6.07) is 5.41. The van der Waals surface area contributed by atoms with Gasteiger partial charge in [0.2, 0.25) is 5.91 Å². The van der Waals surface area contributed by atoms with E-state index in [9.17, 15) is 4.79 Å². The van der Waals surface area contributed by atoms with Crippen molar-refractivity contribution < 1.29 is 14.3 Å². The lowest BCUT2D eigenvalue weighted by Gasteiger charge is -2.34. The Kier molecular flexibility index (Phi) is 5.09. The van der Waals surface area contributed by atoms with E-state index in [-0.39, 0.29) is 11.8 Å². The molecular weight excluding hydrogens is 396 g/mol. The minimum atomic E-state index is -0.120. The Morgan fingerprint density at radius 2 is 2.03 bits per heavy atom. The molecule has 0 radical (unpaired) electrons. The number of carbonyl (C=O) groups is 1. The van der Waals surface area contributed by atoms with Crippen LogP contribution in [0.5, 0.6) is 11.5 Å². The first-order valence-corrected chi connectivity index (χ1v) is 10.7. The molecule has 1 fully saturated rings. The van der Waals surface area contributed by atoms with Crippen molar-refractivity contribution in [1.29, 1.82) is 0 Å². The average Bonchev–Trinajstić information content (AvgIpc) is 3.46. The summed E-state index contributed by atoms with van der Waals surface area (Å²) in [7, 11) is 3.18. The number of aromatic nitrogens is 4. The second-order valence-corrected chi connectivity index (χ2v) is 8.03. The molecular formula is C22H26N6O3. The molecule has 1 aliphatic carbocycles. The highest BCUT2D eigenvalue weighted by atomic mass is 16.5. The van der Waals surface area contributed by atoms with Gasteiger partial charge in [-0.25, -0.2) is 4.98 Å². The highest BCUT2D eigenvalue weighted by molar-refractivity contribution is 5.93. The molecule has 1 aromatic carbocycles. The summed E-state index contributed by atoms with van der Waals surface area (Å²) in [6.07, 6.45) is 6.40. The van der Waals surface area contributed by atoms with E-state index in [1.807, 2.05) is 10.6 Å². The van der Waals surface area contributed by atoms with Crippen molar-refractivity contribution in [2.45, 2.75) is 32.1 Å². The number of hydrogen-bond acceptors (Lipinski definition) is 7. The number of methoxy groups -OCH3 is 2. The van der Waals surface area contributed by atoms with Crippen molar-refractivity contribution in [1.82, 2.24) is 19.6 Å². The molecule has 31 heavy (non-hydrogen) atoms. The van der Waals surface area contributed by atoms with E-state index in [1.54, 1.807) is 32.7 Å². The molecule has 9 heteroatoms. The molecule has 0 unspecified atom stereocenters. The molecule has 3 heterocycles. The molecule has 0 bridgehead atoms. The van der Waals surface area contributed by atoms with E-state index in [4.69, 9.17) is 9.47 Å². The summed E-state index contributed by atoms with van der Waals surface area (Å²) in [5.74, 6) is 2.80. The molecule has 1 atom stereocenters. The van der Waals surface area contributed by atoms with E-state index in [0.717, 1.165) is 50.2 Å². The topological polar surface area (TPSA) is 93.9 Å². The number of ether oxygens (including phenoxy) is 2. The first kappa shape index (κ1) is 19.6. The Morgan fingerprint density at radius 1 is 1.16 bits per heavy atom. The van der Waals surface area contributed by atoms with E-state index in [0.29, 0.717) is 29.5 Å². The Labute approximate surface area is 180 Å². The Bertz CT molecular complexity index is 1130. The SMILES string of the molecule is COc1ccc(NC(=O)[C@@H]2CCCN(c3c4c(nc5ncnn35)CCC4)C2)cc1OC. The maximum atomic E-state index is 13.1. The largest absolute Gasteiger partial charge is 0.493 e. The molecule has 1 amide bonds. The smallest absolute Gasteiger partial charge is 0.254 e. The number of carbonyl (C=O) groups excluding carboxylic acids is 1. The van der Waals surface area contributed by atoms with Crippen molar-refractivity contribution in [2.24, 2.45) is 5.92 Å². The third kappa shape index (κ3) is 3.54. The molecule has 9 nitrogen and oxygen atoms in total. The highest BCUT2D eigenvalue weighted by Gasteiger charge is 2.31. The van der Waals surface area contributed by atoms with Gasteiger partial charge < -0.3 is 19.7 Å². The Hall–Kier alpha value is -3.36. The van der Waals surface area contributed by atoms with E-state index >= 15 is 0 Å². The zero-order valence-corrected chi connectivity index (χ0v) is 17.8. The first-order chi connectivity index (χ1) is 15.2. The molecule has 3 aromatic rings. The van der Waals surface area contributed by atoms with Crippen LogP contribution in [-0.4, -0.2) is 52.8 Å². The van der Waals surface area contributed by atoms with Crippen LogP contribution in [0.1, 0.15) is 30.5 Å². The van der Waals surface area contributed by atoms with Gasteiger partial charge in [-0.3, -0.25) is 4.79 Å². The van der Waals surface area contributed by atoms with Crippen molar-refractivity contribution >= 4 is 23.2 Å². The van der Waals surface area contributed by atoms with Crippen LogP contribution in [0.4, 0.5) is 11.5 Å². The third-order valence-electron chi connectivity index (χ3n) is 6.17. The lowest BCUT2D eigenvalue weighted by atomic mass is 9.96. The van der Waals surface area contributed by atoms with Gasteiger partial charge in [-0.05, 0) is 44.2 Å². The van der Waals surface area contributed by atoms with Crippen LogP contribution in [0.2, 0.25) is 0 Å². The predicted molar refractivity (Wildman–Crippen MR) is 116 cm³/mol. The molecule has 162 valence electrons. The number of benzene rings is 1.